The zero-order valence-corrected chi connectivity index (χ0v) is 23.9. The lowest BCUT2D eigenvalue weighted by Gasteiger charge is -2.33. The zero-order valence-electron chi connectivity index (χ0n) is 22.9. The van der Waals surface area contributed by atoms with Gasteiger partial charge in [-0.05, 0) is 80.3 Å². The molecular formula is C34H41Si. The second-order valence-electron chi connectivity index (χ2n) is 12.9. The van der Waals surface area contributed by atoms with Crippen LogP contribution >= 0.6 is 0 Å². The molecule has 0 nitrogen and oxygen atoms in total. The summed E-state index contributed by atoms with van der Waals surface area (Å²) in [6.07, 6.45) is 3.51. The average molecular weight is 478 g/mol. The Bertz CT molecular complexity index is 1270. The van der Waals surface area contributed by atoms with Crippen LogP contribution in [0.2, 0.25) is 19.6 Å². The third-order valence-corrected chi connectivity index (χ3v) is 8.23. The maximum absolute atomic E-state index is 4.09. The zero-order chi connectivity index (χ0) is 25.6. The van der Waals surface area contributed by atoms with Crippen molar-refractivity contribution in [2.24, 2.45) is 0 Å². The molecule has 1 heteroatoms. The highest BCUT2D eigenvalue weighted by Gasteiger charge is 2.29. The van der Waals surface area contributed by atoms with Gasteiger partial charge < -0.3 is 0 Å². The van der Waals surface area contributed by atoms with E-state index in [1.807, 2.05) is 0 Å². The van der Waals surface area contributed by atoms with Crippen LogP contribution < -0.4 is 0 Å². The van der Waals surface area contributed by atoms with Gasteiger partial charge in [-0.1, -0.05) is 127 Å². The minimum absolute atomic E-state index is 0.126. The highest BCUT2D eigenvalue weighted by atomic mass is 28.3. The van der Waals surface area contributed by atoms with E-state index in [0.717, 1.165) is 12.0 Å². The van der Waals surface area contributed by atoms with Gasteiger partial charge in [-0.15, -0.1) is 0 Å². The van der Waals surface area contributed by atoms with Gasteiger partial charge in [-0.3, -0.25) is 0 Å². The molecule has 35 heavy (non-hydrogen) atoms. The van der Waals surface area contributed by atoms with Gasteiger partial charge in [0.25, 0.3) is 0 Å². The molecule has 0 unspecified atom stereocenters. The van der Waals surface area contributed by atoms with Crippen LogP contribution in [-0.2, 0) is 10.8 Å². The molecular weight excluding hydrogens is 436 g/mol. The van der Waals surface area contributed by atoms with Crippen LogP contribution in [0, 0.1) is 6.92 Å². The Morgan fingerprint density at radius 1 is 0.857 bits per heavy atom. The third-order valence-electron chi connectivity index (χ3n) is 7.07. The summed E-state index contributed by atoms with van der Waals surface area (Å²) < 4.78 is 0. The van der Waals surface area contributed by atoms with E-state index in [1.165, 1.54) is 44.5 Å². The molecule has 0 atom stereocenters. The van der Waals surface area contributed by atoms with Gasteiger partial charge in [0, 0.05) is 0 Å². The minimum atomic E-state index is -1.46. The Hall–Kier alpha value is -2.64. The van der Waals surface area contributed by atoms with E-state index in [1.54, 1.807) is 0 Å². The van der Waals surface area contributed by atoms with Crippen molar-refractivity contribution in [1.82, 2.24) is 0 Å². The number of hydrogen-bond acceptors (Lipinski definition) is 0. The number of hydrogen-bond donors (Lipinski definition) is 0. The Morgan fingerprint density at radius 3 is 2.03 bits per heavy atom. The Balaban J connectivity index is 1.87. The van der Waals surface area contributed by atoms with E-state index in [4.69, 9.17) is 0 Å². The fourth-order valence-corrected chi connectivity index (χ4v) is 6.18. The van der Waals surface area contributed by atoms with Gasteiger partial charge in [-0.25, -0.2) is 0 Å². The Morgan fingerprint density at radius 2 is 1.46 bits per heavy atom. The van der Waals surface area contributed by atoms with Gasteiger partial charge in [-0.2, -0.15) is 0 Å². The molecule has 3 aromatic carbocycles. The lowest BCUT2D eigenvalue weighted by atomic mass is 9.71. The fraction of sp³-hybridized carbons (Fsp3) is 0.324. The van der Waals surface area contributed by atoms with E-state index in [9.17, 15) is 0 Å². The molecule has 0 fully saturated rings. The van der Waals surface area contributed by atoms with Crippen molar-refractivity contribution in [3.8, 4) is 0 Å². The maximum Gasteiger partial charge on any atom is 0.0695 e. The monoisotopic (exact) mass is 477 g/mol. The molecule has 1 aliphatic rings. The van der Waals surface area contributed by atoms with Crippen LogP contribution in [0.25, 0.3) is 11.1 Å². The predicted octanol–water partition coefficient (Wildman–Crippen LogP) is 9.59. The molecule has 4 rings (SSSR count). The summed E-state index contributed by atoms with van der Waals surface area (Å²) in [6.45, 7) is 22.9. The molecule has 0 heterocycles. The van der Waals surface area contributed by atoms with Crippen LogP contribution in [0.5, 0.6) is 0 Å². The molecule has 0 N–H and O–H groups in total. The first-order valence-corrected chi connectivity index (χ1v) is 16.4. The smallest absolute Gasteiger partial charge is 0.0695 e. The van der Waals surface area contributed by atoms with E-state index in [0.29, 0.717) is 0 Å². The van der Waals surface area contributed by atoms with Crippen molar-refractivity contribution < 1.29 is 0 Å². The first-order valence-electron chi connectivity index (χ1n) is 12.9. The summed E-state index contributed by atoms with van der Waals surface area (Å²) in [4.78, 5) is 0. The summed E-state index contributed by atoms with van der Waals surface area (Å²) in [5.74, 6) is 0. The van der Waals surface area contributed by atoms with E-state index in [-0.39, 0.29) is 10.8 Å². The third kappa shape index (κ3) is 5.62. The SMILES string of the molecule is [CH2]c1ccc(/C(=C/[Si](C)(C)C)c2ccc3c(c2)C(c2ccc(C(C)(C)C)cc2)=CCC3(C)C)cc1. The first kappa shape index (κ1) is 25.4. The Labute approximate surface area is 214 Å². The van der Waals surface area contributed by atoms with Crippen LogP contribution in [-0.4, -0.2) is 8.07 Å². The van der Waals surface area contributed by atoms with Crippen molar-refractivity contribution >= 4 is 19.2 Å². The highest BCUT2D eigenvalue weighted by molar-refractivity contribution is 6.81. The molecule has 0 saturated carbocycles. The van der Waals surface area contributed by atoms with Crippen LogP contribution in [0.3, 0.4) is 0 Å². The molecule has 0 bridgehead atoms. The van der Waals surface area contributed by atoms with Crippen LogP contribution in [0.15, 0.2) is 78.5 Å². The van der Waals surface area contributed by atoms with E-state index < -0.39 is 8.07 Å². The normalized spacial score (nSPS) is 16.0. The minimum Gasteiger partial charge on any atom is -0.0867 e. The molecule has 0 aromatic heterocycles. The van der Waals surface area contributed by atoms with Crippen molar-refractivity contribution in [2.45, 2.75) is 71.5 Å². The summed E-state index contributed by atoms with van der Waals surface area (Å²) in [6, 6.07) is 25.1. The van der Waals surface area contributed by atoms with Gasteiger partial charge >= 0.3 is 0 Å². The summed E-state index contributed by atoms with van der Waals surface area (Å²) in [7, 11) is -1.46. The van der Waals surface area contributed by atoms with Crippen LogP contribution in [0.1, 0.15) is 80.0 Å². The first-order chi connectivity index (χ1) is 16.2. The number of fused-ring (bicyclic) bond motifs is 1. The van der Waals surface area contributed by atoms with Gasteiger partial charge in [0.05, 0.1) is 8.07 Å². The summed E-state index contributed by atoms with van der Waals surface area (Å²) in [5, 5.41) is 0. The van der Waals surface area contributed by atoms with E-state index >= 15 is 0 Å². The van der Waals surface area contributed by atoms with E-state index in [2.05, 4.69) is 140 Å². The lowest BCUT2D eigenvalue weighted by molar-refractivity contribution is 0.527. The standard InChI is InChI=1S/C34H41Si/c1-24-10-12-26(13-11-24)31(23-35(7,8)9)27-16-19-32-30(22-27)29(20-21-34(32,5)6)25-14-17-28(18-15-25)33(2,3)4/h10-20,22-23H,1,21H2,2-9H3/b31-23-. The molecule has 1 aliphatic carbocycles. The molecule has 0 aliphatic heterocycles. The van der Waals surface area contributed by atoms with Crippen molar-refractivity contribution in [2.75, 3.05) is 0 Å². The highest BCUT2D eigenvalue weighted by Crippen LogP contribution is 2.43. The Kier molecular flexibility index (Phi) is 6.62. The molecule has 181 valence electrons. The second kappa shape index (κ2) is 9.10. The maximum atomic E-state index is 4.09. The van der Waals surface area contributed by atoms with Crippen molar-refractivity contribution in [3.63, 3.8) is 0 Å². The molecule has 0 saturated heterocycles. The lowest BCUT2D eigenvalue weighted by Crippen LogP contribution is -2.22. The number of allylic oxidation sites excluding steroid dienone is 1. The average Bonchev–Trinajstić information content (AvgIpc) is 2.77. The van der Waals surface area contributed by atoms with Crippen molar-refractivity contribution in [1.29, 1.82) is 0 Å². The van der Waals surface area contributed by atoms with Gasteiger partial charge in [0.15, 0.2) is 0 Å². The van der Waals surface area contributed by atoms with Gasteiger partial charge in [0.2, 0.25) is 0 Å². The quantitative estimate of drug-likeness (QED) is 0.328. The van der Waals surface area contributed by atoms with Gasteiger partial charge in [0.1, 0.15) is 0 Å². The topological polar surface area (TPSA) is 0 Å². The number of benzene rings is 3. The molecule has 1 radical (unpaired) electrons. The fourth-order valence-electron chi connectivity index (χ4n) is 4.98. The second-order valence-corrected chi connectivity index (χ2v) is 17.9. The summed E-state index contributed by atoms with van der Waals surface area (Å²) in [5.41, 5.74) is 14.7. The largest absolute Gasteiger partial charge is 0.0867 e. The molecule has 3 aromatic rings. The predicted molar refractivity (Wildman–Crippen MR) is 158 cm³/mol. The van der Waals surface area contributed by atoms with Crippen molar-refractivity contribution in [3.05, 3.63) is 124 Å². The molecule has 0 spiro atoms. The van der Waals surface area contributed by atoms with Crippen LogP contribution in [0.4, 0.5) is 0 Å². The number of rotatable bonds is 4. The molecule has 0 amide bonds. The summed E-state index contributed by atoms with van der Waals surface area (Å²) >= 11 is 0.